The minimum absolute atomic E-state index is 0.0317. The predicted octanol–water partition coefficient (Wildman–Crippen LogP) is 2.08. The highest BCUT2D eigenvalue weighted by atomic mass is 32.1. The molecule has 128 valence electrons. The van der Waals surface area contributed by atoms with Crippen LogP contribution in [0.5, 0.6) is 0 Å². The number of thiocarbonyl (C=S) groups is 1. The fourth-order valence-corrected chi connectivity index (χ4v) is 2.16. The van der Waals surface area contributed by atoms with E-state index in [0.717, 1.165) is 6.07 Å². The van der Waals surface area contributed by atoms with Crippen LogP contribution in [0.25, 0.3) is 0 Å². The fourth-order valence-electron chi connectivity index (χ4n) is 1.95. The maximum Gasteiger partial charge on any atom is 0.270 e. The molecule has 0 aromatic heterocycles. The van der Waals surface area contributed by atoms with Crippen molar-refractivity contribution in [2.24, 2.45) is 0 Å². The van der Waals surface area contributed by atoms with Crippen LogP contribution in [0.1, 0.15) is 20.7 Å². The molecule has 0 saturated heterocycles. The number of carbonyl (C=O) groups excluding carboxylic acids is 2. The van der Waals surface area contributed by atoms with Gasteiger partial charge in [-0.2, -0.15) is 0 Å². The van der Waals surface area contributed by atoms with Crippen LogP contribution in [0.2, 0.25) is 0 Å². The van der Waals surface area contributed by atoms with Crippen molar-refractivity contribution >= 4 is 40.5 Å². The molecule has 0 aliphatic rings. The number of benzene rings is 2. The summed E-state index contributed by atoms with van der Waals surface area (Å²) in [6.45, 7) is 0. The van der Waals surface area contributed by atoms with Gasteiger partial charge >= 0.3 is 0 Å². The Morgan fingerprint density at radius 3 is 2.32 bits per heavy atom. The van der Waals surface area contributed by atoms with E-state index in [4.69, 9.17) is 12.2 Å². The SMILES string of the molecule is CNC(=O)c1ccc(NC(=S)NC(=O)c2cccc([N+](=O)[O-])c2)cc1. The number of nitrogens with one attached hydrogen (secondary N) is 3. The number of nitrogens with zero attached hydrogens (tertiary/aromatic N) is 1. The second-order valence-corrected chi connectivity index (χ2v) is 5.28. The molecule has 0 spiro atoms. The number of carbonyl (C=O) groups is 2. The quantitative estimate of drug-likeness (QED) is 0.438. The molecule has 0 heterocycles. The third-order valence-corrected chi connectivity index (χ3v) is 3.38. The minimum Gasteiger partial charge on any atom is -0.355 e. The Morgan fingerprint density at radius 2 is 1.72 bits per heavy atom. The predicted molar refractivity (Wildman–Crippen MR) is 96.6 cm³/mol. The number of hydrogen-bond acceptors (Lipinski definition) is 5. The molecule has 9 heteroatoms. The smallest absolute Gasteiger partial charge is 0.270 e. The van der Waals surface area contributed by atoms with Crippen molar-refractivity contribution in [3.05, 3.63) is 69.8 Å². The standard InChI is InChI=1S/C16H14N4O4S/c1-17-14(21)10-5-7-12(8-6-10)18-16(25)19-15(22)11-3-2-4-13(9-11)20(23)24/h2-9H,1H3,(H,17,21)(H2,18,19,22,25). The highest BCUT2D eigenvalue weighted by molar-refractivity contribution is 7.80. The molecule has 3 N–H and O–H groups in total. The van der Waals surface area contributed by atoms with Gasteiger partial charge in [-0.05, 0) is 42.5 Å². The molecule has 0 aliphatic heterocycles. The van der Waals surface area contributed by atoms with E-state index in [1.54, 1.807) is 24.3 Å². The van der Waals surface area contributed by atoms with Crippen molar-refractivity contribution in [1.82, 2.24) is 10.6 Å². The van der Waals surface area contributed by atoms with Gasteiger partial charge in [0.15, 0.2) is 5.11 Å². The van der Waals surface area contributed by atoms with Crippen LogP contribution in [0.4, 0.5) is 11.4 Å². The van der Waals surface area contributed by atoms with Gasteiger partial charge in [-0.15, -0.1) is 0 Å². The van der Waals surface area contributed by atoms with Crippen molar-refractivity contribution in [1.29, 1.82) is 0 Å². The lowest BCUT2D eigenvalue weighted by molar-refractivity contribution is -0.384. The minimum atomic E-state index is -0.582. The monoisotopic (exact) mass is 358 g/mol. The zero-order valence-corrected chi connectivity index (χ0v) is 13.9. The molecule has 0 fully saturated rings. The zero-order valence-electron chi connectivity index (χ0n) is 13.1. The van der Waals surface area contributed by atoms with Gasteiger partial charge in [0.2, 0.25) is 0 Å². The van der Waals surface area contributed by atoms with Crippen molar-refractivity contribution < 1.29 is 14.5 Å². The van der Waals surface area contributed by atoms with Gasteiger partial charge < -0.3 is 10.6 Å². The van der Waals surface area contributed by atoms with Crippen LogP contribution < -0.4 is 16.0 Å². The lowest BCUT2D eigenvalue weighted by atomic mass is 10.2. The summed E-state index contributed by atoms with van der Waals surface area (Å²) in [5.74, 6) is -0.781. The number of non-ortho nitro benzene ring substituents is 1. The van der Waals surface area contributed by atoms with Crippen LogP contribution in [0.15, 0.2) is 48.5 Å². The van der Waals surface area contributed by atoms with Crippen LogP contribution in [-0.4, -0.2) is 28.9 Å². The first kappa shape index (κ1) is 18.0. The summed E-state index contributed by atoms with van der Waals surface area (Å²) in [5.41, 5.74) is 1.00. The summed E-state index contributed by atoms with van der Waals surface area (Å²) in [6, 6.07) is 11.8. The number of rotatable bonds is 4. The number of anilines is 1. The summed E-state index contributed by atoms with van der Waals surface area (Å²) >= 11 is 5.05. The first-order valence-corrected chi connectivity index (χ1v) is 7.50. The molecule has 25 heavy (non-hydrogen) atoms. The molecule has 2 amide bonds. The van der Waals surface area contributed by atoms with E-state index in [1.165, 1.54) is 25.2 Å². The normalized spacial score (nSPS) is 9.80. The maximum atomic E-state index is 12.1. The molecule has 2 rings (SSSR count). The number of nitro benzene ring substituents is 1. The van der Waals surface area contributed by atoms with Crippen molar-refractivity contribution in [3.8, 4) is 0 Å². The molecule has 0 bridgehead atoms. The third kappa shape index (κ3) is 4.82. The molecule has 0 atom stereocenters. The Morgan fingerprint density at radius 1 is 1.04 bits per heavy atom. The van der Waals surface area contributed by atoms with Gasteiger partial charge in [-0.25, -0.2) is 0 Å². The van der Waals surface area contributed by atoms with E-state index >= 15 is 0 Å². The van der Waals surface area contributed by atoms with Gasteiger partial charge in [0.05, 0.1) is 4.92 Å². The average molecular weight is 358 g/mol. The van der Waals surface area contributed by atoms with Crippen LogP contribution >= 0.6 is 12.2 Å². The summed E-state index contributed by atoms with van der Waals surface area (Å²) < 4.78 is 0. The molecular weight excluding hydrogens is 344 g/mol. The second-order valence-electron chi connectivity index (χ2n) is 4.87. The Labute approximate surface area is 148 Å². The van der Waals surface area contributed by atoms with E-state index in [0.29, 0.717) is 11.3 Å². The topological polar surface area (TPSA) is 113 Å². The van der Waals surface area contributed by atoms with Crippen molar-refractivity contribution in [2.45, 2.75) is 0 Å². The number of amides is 2. The number of nitro groups is 1. The average Bonchev–Trinajstić information content (AvgIpc) is 2.61. The summed E-state index contributed by atoms with van der Waals surface area (Å²) in [5, 5.41) is 18.5. The highest BCUT2D eigenvalue weighted by Gasteiger charge is 2.12. The summed E-state index contributed by atoms with van der Waals surface area (Å²) in [6.07, 6.45) is 0. The molecule has 8 nitrogen and oxygen atoms in total. The summed E-state index contributed by atoms with van der Waals surface area (Å²) in [4.78, 5) is 33.7. The number of hydrogen-bond donors (Lipinski definition) is 3. The highest BCUT2D eigenvalue weighted by Crippen LogP contribution is 2.13. The van der Waals surface area contributed by atoms with Gasteiger partial charge in [-0.3, -0.25) is 25.0 Å². The molecule has 2 aromatic rings. The maximum absolute atomic E-state index is 12.1. The first-order chi connectivity index (χ1) is 11.9. The van der Waals surface area contributed by atoms with E-state index < -0.39 is 10.8 Å². The van der Waals surface area contributed by atoms with Crippen molar-refractivity contribution in [3.63, 3.8) is 0 Å². The Balaban J connectivity index is 2.00. The first-order valence-electron chi connectivity index (χ1n) is 7.09. The molecule has 0 radical (unpaired) electrons. The van der Waals surface area contributed by atoms with E-state index in [-0.39, 0.29) is 22.3 Å². The van der Waals surface area contributed by atoms with E-state index in [1.807, 2.05) is 0 Å². The Hall–Kier alpha value is -3.33. The van der Waals surface area contributed by atoms with Crippen molar-refractivity contribution in [2.75, 3.05) is 12.4 Å². The Bertz CT molecular complexity index is 836. The molecule has 0 saturated carbocycles. The van der Waals surface area contributed by atoms with Crippen LogP contribution in [0, 0.1) is 10.1 Å². The van der Waals surface area contributed by atoms with Gasteiger partial charge in [0, 0.05) is 36.0 Å². The van der Waals surface area contributed by atoms with Gasteiger partial charge in [0.25, 0.3) is 17.5 Å². The van der Waals surface area contributed by atoms with Gasteiger partial charge in [-0.1, -0.05) is 6.07 Å². The lowest BCUT2D eigenvalue weighted by Gasteiger charge is -2.10. The molecular formula is C16H14N4O4S. The Kier molecular flexibility index (Phi) is 5.75. The van der Waals surface area contributed by atoms with E-state index in [2.05, 4.69) is 16.0 Å². The zero-order chi connectivity index (χ0) is 18.4. The molecule has 0 aliphatic carbocycles. The second kappa shape index (κ2) is 7.97. The largest absolute Gasteiger partial charge is 0.355 e. The van der Waals surface area contributed by atoms with Crippen LogP contribution in [-0.2, 0) is 0 Å². The van der Waals surface area contributed by atoms with Gasteiger partial charge in [0.1, 0.15) is 0 Å². The molecule has 2 aromatic carbocycles. The van der Waals surface area contributed by atoms with E-state index in [9.17, 15) is 19.7 Å². The van der Waals surface area contributed by atoms with Crippen LogP contribution in [0.3, 0.4) is 0 Å². The fraction of sp³-hybridized carbons (Fsp3) is 0.0625. The lowest BCUT2D eigenvalue weighted by Crippen LogP contribution is -2.34. The third-order valence-electron chi connectivity index (χ3n) is 3.18. The summed E-state index contributed by atoms with van der Waals surface area (Å²) in [7, 11) is 1.53. The molecule has 0 unspecified atom stereocenters.